The molecule has 1 N–H and O–H groups in total. The average molecular weight is 453 g/mol. The molecule has 33 heavy (non-hydrogen) atoms. The van der Waals surface area contributed by atoms with Gasteiger partial charge in [0, 0.05) is 11.8 Å². The van der Waals surface area contributed by atoms with Crippen molar-refractivity contribution in [2.75, 3.05) is 19.5 Å². The van der Waals surface area contributed by atoms with Gasteiger partial charge in [-0.1, -0.05) is 24.3 Å². The lowest BCUT2D eigenvalue weighted by Gasteiger charge is -2.16. The first kappa shape index (κ1) is 23.6. The van der Waals surface area contributed by atoms with Gasteiger partial charge in [-0.15, -0.1) is 0 Å². The number of hydrogen-bond acceptors (Lipinski definition) is 6. The number of rotatable bonds is 9. The first-order valence-electron chi connectivity index (χ1n) is 10.1. The summed E-state index contributed by atoms with van der Waals surface area (Å²) in [6, 6.07) is 17.3. The van der Waals surface area contributed by atoms with Gasteiger partial charge in [-0.3, -0.25) is 4.79 Å². The first-order chi connectivity index (χ1) is 15.9. The summed E-state index contributed by atoms with van der Waals surface area (Å²) in [6.07, 6.45) is -1.07. The summed E-state index contributed by atoms with van der Waals surface area (Å²) in [7, 11) is 3.00. The van der Waals surface area contributed by atoms with Crippen LogP contribution in [0.5, 0.6) is 17.2 Å². The fraction of sp³-hybridized carbons (Fsp3) is 0.200. The Balaban J connectivity index is 1.63. The van der Waals surface area contributed by atoms with Gasteiger partial charge < -0.3 is 24.3 Å². The maximum atomic E-state index is 13.1. The van der Waals surface area contributed by atoms with Crippen LogP contribution in [0.4, 0.5) is 10.1 Å². The molecule has 0 aliphatic carbocycles. The summed E-state index contributed by atoms with van der Waals surface area (Å²) in [5, 5.41) is 2.68. The number of amides is 1. The maximum absolute atomic E-state index is 13.1. The van der Waals surface area contributed by atoms with Crippen LogP contribution in [-0.4, -0.2) is 32.2 Å². The molecular formula is C25H24FNO6. The van der Waals surface area contributed by atoms with E-state index >= 15 is 0 Å². The van der Waals surface area contributed by atoms with Gasteiger partial charge in [-0.05, 0) is 48.9 Å². The van der Waals surface area contributed by atoms with Crippen molar-refractivity contribution in [3.63, 3.8) is 0 Å². The fourth-order valence-electron chi connectivity index (χ4n) is 2.94. The van der Waals surface area contributed by atoms with Gasteiger partial charge in [0.25, 0.3) is 5.91 Å². The highest BCUT2D eigenvalue weighted by atomic mass is 19.1. The molecule has 0 aliphatic heterocycles. The summed E-state index contributed by atoms with van der Waals surface area (Å²) in [4.78, 5) is 25.2. The molecule has 3 aromatic rings. The van der Waals surface area contributed by atoms with Crippen LogP contribution in [0.2, 0.25) is 0 Å². The van der Waals surface area contributed by atoms with Crippen molar-refractivity contribution >= 4 is 17.6 Å². The molecule has 0 fully saturated rings. The van der Waals surface area contributed by atoms with Crippen LogP contribution in [0.3, 0.4) is 0 Å². The lowest BCUT2D eigenvalue weighted by atomic mass is 10.2. The summed E-state index contributed by atoms with van der Waals surface area (Å²) in [5.74, 6) is -0.304. The summed E-state index contributed by atoms with van der Waals surface area (Å²) in [5.41, 5.74) is 1.37. The quantitative estimate of drug-likeness (QED) is 0.477. The summed E-state index contributed by atoms with van der Waals surface area (Å²) < 4.78 is 34.5. The number of anilines is 1. The monoisotopic (exact) mass is 453 g/mol. The van der Waals surface area contributed by atoms with Crippen LogP contribution >= 0.6 is 0 Å². The second-order valence-corrected chi connectivity index (χ2v) is 7.02. The van der Waals surface area contributed by atoms with Gasteiger partial charge in [0.05, 0.1) is 14.2 Å². The van der Waals surface area contributed by atoms with Crippen molar-refractivity contribution in [1.82, 2.24) is 0 Å². The number of ether oxygens (including phenoxy) is 4. The van der Waals surface area contributed by atoms with E-state index in [1.165, 1.54) is 33.3 Å². The number of nitrogens with one attached hydrogen (secondary N) is 1. The minimum Gasteiger partial charge on any atom is -0.493 e. The van der Waals surface area contributed by atoms with Gasteiger partial charge in [0.1, 0.15) is 23.7 Å². The Hall–Kier alpha value is -4.07. The van der Waals surface area contributed by atoms with Crippen LogP contribution in [0.1, 0.15) is 22.8 Å². The highest BCUT2D eigenvalue weighted by molar-refractivity contribution is 5.98. The van der Waals surface area contributed by atoms with E-state index in [2.05, 4.69) is 5.32 Å². The normalized spacial score (nSPS) is 11.3. The largest absolute Gasteiger partial charge is 0.493 e. The van der Waals surface area contributed by atoms with E-state index < -0.39 is 18.0 Å². The predicted octanol–water partition coefficient (Wildman–Crippen LogP) is 4.61. The third kappa shape index (κ3) is 6.22. The molecule has 0 heterocycles. The van der Waals surface area contributed by atoms with E-state index in [-0.39, 0.29) is 18.0 Å². The van der Waals surface area contributed by atoms with Gasteiger partial charge in [-0.25, -0.2) is 9.18 Å². The van der Waals surface area contributed by atoms with E-state index in [9.17, 15) is 14.0 Å². The number of carbonyl (C=O) groups excluding carboxylic acids is 2. The second-order valence-electron chi connectivity index (χ2n) is 7.02. The summed E-state index contributed by atoms with van der Waals surface area (Å²) in [6.45, 7) is 1.61. The van der Waals surface area contributed by atoms with Crippen LogP contribution in [-0.2, 0) is 16.1 Å². The maximum Gasteiger partial charge on any atom is 0.342 e. The molecule has 7 nitrogen and oxygen atoms in total. The zero-order valence-corrected chi connectivity index (χ0v) is 18.5. The molecule has 172 valence electrons. The van der Waals surface area contributed by atoms with Crippen LogP contribution in [0.25, 0.3) is 0 Å². The van der Waals surface area contributed by atoms with Gasteiger partial charge in [-0.2, -0.15) is 0 Å². The molecule has 0 saturated carbocycles. The van der Waals surface area contributed by atoms with Crippen molar-refractivity contribution in [2.24, 2.45) is 0 Å². The Labute approximate surface area is 191 Å². The molecular weight excluding hydrogens is 429 g/mol. The lowest BCUT2D eigenvalue weighted by Crippen LogP contribution is -2.30. The molecule has 1 atom stereocenters. The molecule has 0 aromatic heterocycles. The standard InChI is InChI=1S/C25H24FNO6/c1-16(24(28)27-19-12-13-22(30-2)23(14-19)31-3)33-25(29)20-6-4-5-7-21(20)32-15-17-8-10-18(26)11-9-17/h4-14,16H,15H2,1-3H3,(H,27,28). The Morgan fingerprint density at radius 3 is 2.30 bits per heavy atom. The van der Waals surface area contributed by atoms with E-state index in [0.29, 0.717) is 22.9 Å². The van der Waals surface area contributed by atoms with Gasteiger partial charge in [0.15, 0.2) is 17.6 Å². The van der Waals surface area contributed by atoms with Crippen molar-refractivity contribution in [3.05, 3.63) is 83.7 Å². The lowest BCUT2D eigenvalue weighted by molar-refractivity contribution is -0.123. The van der Waals surface area contributed by atoms with E-state index in [0.717, 1.165) is 5.56 Å². The topological polar surface area (TPSA) is 83.1 Å². The van der Waals surface area contributed by atoms with Gasteiger partial charge >= 0.3 is 5.97 Å². The van der Waals surface area contributed by atoms with Crippen molar-refractivity contribution in [2.45, 2.75) is 19.6 Å². The number of methoxy groups -OCH3 is 2. The van der Waals surface area contributed by atoms with E-state index in [4.69, 9.17) is 18.9 Å². The highest BCUT2D eigenvalue weighted by Gasteiger charge is 2.22. The molecule has 0 aliphatic rings. The van der Waals surface area contributed by atoms with Crippen LogP contribution < -0.4 is 19.5 Å². The molecule has 0 saturated heterocycles. The van der Waals surface area contributed by atoms with E-state index in [1.54, 1.807) is 54.6 Å². The van der Waals surface area contributed by atoms with Crippen molar-refractivity contribution in [1.29, 1.82) is 0 Å². The van der Waals surface area contributed by atoms with Crippen molar-refractivity contribution < 1.29 is 32.9 Å². The number of esters is 1. The molecule has 1 amide bonds. The van der Waals surface area contributed by atoms with Crippen LogP contribution in [0, 0.1) is 5.82 Å². The fourth-order valence-corrected chi connectivity index (χ4v) is 2.94. The molecule has 1 unspecified atom stereocenters. The van der Waals surface area contributed by atoms with Crippen LogP contribution in [0.15, 0.2) is 66.7 Å². The molecule has 0 bridgehead atoms. The number of para-hydroxylation sites is 1. The Morgan fingerprint density at radius 1 is 0.909 bits per heavy atom. The minimum absolute atomic E-state index is 0.139. The average Bonchev–Trinajstić information content (AvgIpc) is 2.83. The number of hydrogen-bond donors (Lipinski definition) is 1. The zero-order chi connectivity index (χ0) is 23.8. The highest BCUT2D eigenvalue weighted by Crippen LogP contribution is 2.30. The zero-order valence-electron chi connectivity index (χ0n) is 18.5. The SMILES string of the molecule is COc1ccc(NC(=O)C(C)OC(=O)c2ccccc2OCc2ccc(F)cc2)cc1OC. The number of carbonyl (C=O) groups is 2. The Morgan fingerprint density at radius 2 is 1.61 bits per heavy atom. The number of halogens is 1. The second kappa shape index (κ2) is 11.0. The first-order valence-corrected chi connectivity index (χ1v) is 10.1. The number of benzene rings is 3. The molecule has 3 rings (SSSR count). The third-order valence-electron chi connectivity index (χ3n) is 4.72. The molecule has 0 spiro atoms. The third-order valence-corrected chi connectivity index (χ3v) is 4.72. The molecule has 3 aromatic carbocycles. The minimum atomic E-state index is -1.07. The van der Waals surface area contributed by atoms with Gasteiger partial charge in [0.2, 0.25) is 0 Å². The molecule has 8 heteroatoms. The van der Waals surface area contributed by atoms with E-state index in [1.807, 2.05) is 0 Å². The molecule has 0 radical (unpaired) electrons. The van der Waals surface area contributed by atoms with Crippen molar-refractivity contribution in [3.8, 4) is 17.2 Å². The Kier molecular flexibility index (Phi) is 7.86. The smallest absolute Gasteiger partial charge is 0.342 e. The Bertz CT molecular complexity index is 1120. The summed E-state index contributed by atoms with van der Waals surface area (Å²) >= 11 is 0. The predicted molar refractivity (Wildman–Crippen MR) is 120 cm³/mol.